The van der Waals surface area contributed by atoms with Gasteiger partial charge in [0.05, 0.1) is 0 Å². The molecule has 0 N–H and O–H groups in total. The summed E-state index contributed by atoms with van der Waals surface area (Å²) in [6, 6.07) is 0. The van der Waals surface area contributed by atoms with Gasteiger partial charge in [0.2, 0.25) is 0 Å². The fraction of sp³-hybridized carbons (Fsp3) is 0.600. The first-order valence-corrected chi connectivity index (χ1v) is 5.53. The van der Waals surface area contributed by atoms with E-state index in [1.165, 1.54) is 19.3 Å². The van der Waals surface area contributed by atoms with Crippen LogP contribution in [0.3, 0.4) is 0 Å². The molecule has 13 heavy (non-hydrogen) atoms. The minimum absolute atomic E-state index is 0. The topological polar surface area (TPSA) is 0 Å². The van der Waals surface area contributed by atoms with E-state index in [9.17, 15) is 0 Å². The van der Waals surface area contributed by atoms with Gasteiger partial charge in [0, 0.05) is 0 Å². The first-order valence-electron chi connectivity index (χ1n) is 4.30. The molecule has 1 aliphatic rings. The Bertz CT molecular complexity index is 195. The monoisotopic (exact) mass is 295 g/mol. The fourth-order valence-electron chi connectivity index (χ4n) is 1.23. The molecule has 0 saturated carbocycles. The summed E-state index contributed by atoms with van der Waals surface area (Å²) in [6.45, 7) is 4.59. The quantitative estimate of drug-likeness (QED) is 0.528. The number of halogens is 2. The third-order valence-corrected chi connectivity index (χ3v) is 3.31. The van der Waals surface area contributed by atoms with Gasteiger partial charge in [-0.25, -0.2) is 0 Å². The second-order valence-corrected chi connectivity index (χ2v) is 5.03. The number of rotatable bonds is 3. The predicted molar refractivity (Wildman–Crippen MR) is 44.9 cm³/mol. The molecule has 0 unspecified atom stereocenters. The maximum absolute atomic E-state index is 2.31. The molecule has 0 bridgehead atoms. The Kier molecular flexibility index (Phi) is 10.4. The zero-order chi connectivity index (χ0) is 8.27. The van der Waals surface area contributed by atoms with Gasteiger partial charge < -0.3 is 24.8 Å². The Labute approximate surface area is 109 Å². The molecule has 73 valence electrons. The molecule has 0 heterocycles. The summed E-state index contributed by atoms with van der Waals surface area (Å²) in [5.74, 6) is 0.847. The summed E-state index contributed by atoms with van der Waals surface area (Å²) in [6.07, 6.45) is 8.48. The Hall–Kier alpha value is 0.943. The van der Waals surface area contributed by atoms with Crippen molar-refractivity contribution in [3.63, 3.8) is 0 Å². The molecule has 0 spiro atoms. The molecule has 1 rings (SSSR count). The average molecular weight is 297 g/mol. The summed E-state index contributed by atoms with van der Waals surface area (Å²) >= 11 is 1.61. The van der Waals surface area contributed by atoms with Crippen molar-refractivity contribution in [3.8, 4) is 0 Å². The molecule has 0 aromatic heterocycles. The van der Waals surface area contributed by atoms with E-state index in [2.05, 4.69) is 26.0 Å². The van der Waals surface area contributed by atoms with Crippen molar-refractivity contribution in [3.05, 3.63) is 21.0 Å². The van der Waals surface area contributed by atoms with Crippen LogP contribution in [0.25, 0.3) is 0 Å². The first-order chi connectivity index (χ1) is 5.20. The van der Waals surface area contributed by atoms with Crippen LogP contribution in [0.1, 0.15) is 33.1 Å². The molecule has 0 aromatic carbocycles. The Morgan fingerprint density at radius 1 is 1.38 bits per heavy atom. The van der Waals surface area contributed by atoms with Crippen LogP contribution in [0.2, 0.25) is 0 Å². The van der Waals surface area contributed by atoms with Gasteiger partial charge in [-0.3, -0.25) is 0 Å². The van der Waals surface area contributed by atoms with Crippen LogP contribution in [0.5, 0.6) is 0 Å². The van der Waals surface area contributed by atoms with Crippen LogP contribution in [-0.4, -0.2) is 0 Å². The maximum Gasteiger partial charge on any atom is -1.00 e. The van der Waals surface area contributed by atoms with E-state index in [0.29, 0.717) is 0 Å². The van der Waals surface area contributed by atoms with Crippen molar-refractivity contribution in [2.75, 3.05) is 0 Å². The molecule has 0 amide bonds. The summed E-state index contributed by atoms with van der Waals surface area (Å²) < 4.78 is 1.66. The number of hydrogen-bond donors (Lipinski definition) is 0. The van der Waals surface area contributed by atoms with Gasteiger partial charge in [-0.05, 0) is 0 Å². The molecule has 0 atom stereocenters. The summed E-state index contributed by atoms with van der Waals surface area (Å²) in [5, 5.41) is 0. The van der Waals surface area contributed by atoms with E-state index in [1.807, 2.05) is 0 Å². The number of hydrogen-bond acceptors (Lipinski definition) is 0. The zero-order valence-corrected chi connectivity index (χ0v) is 12.1. The van der Waals surface area contributed by atoms with E-state index < -0.39 is 0 Å². The minimum Gasteiger partial charge on any atom is -1.00 e. The first kappa shape index (κ1) is 16.4. The third kappa shape index (κ3) is 6.10. The van der Waals surface area contributed by atoms with Gasteiger partial charge in [-0.2, -0.15) is 0 Å². The van der Waals surface area contributed by atoms with Crippen LogP contribution in [0, 0.1) is 5.92 Å². The third-order valence-electron chi connectivity index (χ3n) is 2.02. The van der Waals surface area contributed by atoms with E-state index >= 15 is 0 Å². The zero-order valence-electron chi connectivity index (χ0n) is 8.11. The molecule has 3 heteroatoms. The molecule has 0 aromatic rings. The van der Waals surface area contributed by atoms with Crippen LogP contribution in [0.4, 0.5) is 0 Å². The molecule has 0 aliphatic heterocycles. The summed E-state index contributed by atoms with van der Waals surface area (Å²) in [4.78, 5) is 0. The molecule has 1 aliphatic carbocycles. The normalized spacial score (nSPS) is 14.5. The molecular weight excluding hydrogens is 282 g/mol. The van der Waals surface area contributed by atoms with Gasteiger partial charge in [0.15, 0.2) is 0 Å². The van der Waals surface area contributed by atoms with Gasteiger partial charge in [-0.1, -0.05) is 0 Å². The summed E-state index contributed by atoms with van der Waals surface area (Å²) in [7, 11) is 0. The van der Waals surface area contributed by atoms with Crippen molar-refractivity contribution in [2.24, 2.45) is 5.92 Å². The smallest absolute Gasteiger partial charge is 1.00 e. The largest absolute Gasteiger partial charge is 1.00 e. The van der Waals surface area contributed by atoms with E-state index in [1.54, 1.807) is 33.6 Å². The van der Waals surface area contributed by atoms with Crippen molar-refractivity contribution >= 4 is 0 Å². The second-order valence-electron chi connectivity index (χ2n) is 3.54. The van der Waals surface area contributed by atoms with Gasteiger partial charge in [0.25, 0.3) is 0 Å². The fourth-order valence-corrected chi connectivity index (χ4v) is 2.03. The van der Waals surface area contributed by atoms with Crippen molar-refractivity contribution < 1.29 is 49.5 Å². The van der Waals surface area contributed by atoms with Crippen molar-refractivity contribution in [2.45, 2.75) is 33.1 Å². The number of allylic oxidation sites excluding steroid dienone is 4. The maximum atomic E-state index is 2.31. The molecule has 0 radical (unpaired) electrons. The van der Waals surface area contributed by atoms with Crippen molar-refractivity contribution in [1.82, 2.24) is 0 Å². The second kappa shape index (κ2) is 8.27. The standard InChI is InChI=1S/C10H15.2ClH.Zr/c1-9(2)7-8-10-5-3-4-6-10;;;/h3,5,9H,4,7-8H2,1-2H3;2*1H;/q;;;+2/p-2. The molecule has 0 nitrogen and oxygen atoms in total. The van der Waals surface area contributed by atoms with Crippen LogP contribution < -0.4 is 24.8 Å². The average Bonchev–Trinajstić information content (AvgIpc) is 2.31. The van der Waals surface area contributed by atoms with E-state index in [4.69, 9.17) is 0 Å². The molecule has 0 saturated heterocycles. The summed E-state index contributed by atoms with van der Waals surface area (Å²) in [5.41, 5.74) is 1.62. The molecular formula is C10H15Cl2Zr. The van der Waals surface area contributed by atoms with Crippen molar-refractivity contribution in [1.29, 1.82) is 0 Å². The van der Waals surface area contributed by atoms with Crippen LogP contribution in [-0.2, 0) is 24.7 Å². The van der Waals surface area contributed by atoms with E-state index in [0.717, 1.165) is 5.92 Å². The SMILES string of the molecule is CC(C)CCC1=[C]([Zr+2])CC=C1.[Cl-].[Cl-]. The molecule has 0 fully saturated rings. The Morgan fingerprint density at radius 3 is 2.38 bits per heavy atom. The van der Waals surface area contributed by atoms with Gasteiger partial charge in [-0.15, -0.1) is 0 Å². The predicted octanol–water partition coefficient (Wildman–Crippen LogP) is -2.81. The Balaban J connectivity index is 0. The minimum atomic E-state index is 0. The van der Waals surface area contributed by atoms with E-state index in [-0.39, 0.29) is 24.8 Å². The van der Waals surface area contributed by atoms with Gasteiger partial charge in [0.1, 0.15) is 0 Å². The van der Waals surface area contributed by atoms with Gasteiger partial charge >= 0.3 is 84.8 Å². The van der Waals surface area contributed by atoms with Crippen LogP contribution in [0.15, 0.2) is 21.0 Å². The van der Waals surface area contributed by atoms with Crippen LogP contribution >= 0.6 is 0 Å². The Morgan fingerprint density at radius 2 is 2.00 bits per heavy atom.